The van der Waals surface area contributed by atoms with Crippen molar-refractivity contribution in [2.75, 3.05) is 22.8 Å². The van der Waals surface area contributed by atoms with Gasteiger partial charge in [0.2, 0.25) is 0 Å². The molecule has 4 aromatic rings. The van der Waals surface area contributed by atoms with E-state index in [1.54, 1.807) is 37.3 Å². The van der Waals surface area contributed by atoms with Crippen LogP contribution in [0.4, 0.5) is 17.1 Å². The van der Waals surface area contributed by atoms with E-state index < -0.39 is 22.5 Å². The van der Waals surface area contributed by atoms with Gasteiger partial charge in [0.1, 0.15) is 6.54 Å². The Kier molecular flexibility index (Phi) is 8.45. The molecule has 1 amide bonds. The molecule has 0 heterocycles. The number of carbonyl (C=O) groups excluding carboxylic acids is 1. The summed E-state index contributed by atoms with van der Waals surface area (Å²) in [5.41, 5.74) is 6.24. The van der Waals surface area contributed by atoms with Crippen molar-refractivity contribution in [1.29, 1.82) is 0 Å². The Morgan fingerprint density at radius 1 is 0.895 bits per heavy atom. The topological polar surface area (TPSA) is 82.1 Å². The van der Waals surface area contributed by atoms with Gasteiger partial charge in [-0.05, 0) is 66.6 Å². The zero-order valence-electron chi connectivity index (χ0n) is 21.0. The van der Waals surface area contributed by atoms with Crippen molar-refractivity contribution in [2.24, 2.45) is 5.10 Å². The molecule has 0 saturated carbocycles. The standard InChI is InChI=1S/C29H27ClN4O3S/c1-22-13-16-24(30)19-28(22)34(38(36,37)27-11-7-4-8-12-27)21-29(35)32-31-20-23-14-17-26(18-15-23)33(2)25-9-5-3-6-10-25/h3-20H,21H2,1-2H3,(H,32,35)/b31-20-. The zero-order chi connectivity index (χ0) is 27.1. The smallest absolute Gasteiger partial charge is 0.264 e. The van der Waals surface area contributed by atoms with Gasteiger partial charge in [0.15, 0.2) is 0 Å². The summed E-state index contributed by atoms with van der Waals surface area (Å²) < 4.78 is 28.0. The fourth-order valence-electron chi connectivity index (χ4n) is 3.80. The van der Waals surface area contributed by atoms with Crippen LogP contribution in [0.3, 0.4) is 0 Å². The number of hydrogen-bond acceptors (Lipinski definition) is 5. The first-order chi connectivity index (χ1) is 18.3. The van der Waals surface area contributed by atoms with Gasteiger partial charge >= 0.3 is 0 Å². The summed E-state index contributed by atoms with van der Waals surface area (Å²) in [7, 11) is -2.06. The molecule has 0 radical (unpaired) electrons. The van der Waals surface area contributed by atoms with Crippen molar-refractivity contribution in [3.8, 4) is 0 Å². The van der Waals surface area contributed by atoms with Crippen molar-refractivity contribution < 1.29 is 13.2 Å². The number of sulfonamides is 1. The van der Waals surface area contributed by atoms with Gasteiger partial charge in [-0.2, -0.15) is 5.10 Å². The van der Waals surface area contributed by atoms with Gasteiger partial charge in [-0.15, -0.1) is 0 Å². The van der Waals surface area contributed by atoms with Gasteiger partial charge in [-0.25, -0.2) is 13.8 Å². The molecule has 4 rings (SSSR count). The summed E-state index contributed by atoms with van der Waals surface area (Å²) in [6.45, 7) is 1.28. The van der Waals surface area contributed by atoms with Crippen LogP contribution in [0.25, 0.3) is 0 Å². The molecule has 1 N–H and O–H groups in total. The third-order valence-electron chi connectivity index (χ3n) is 5.89. The average Bonchev–Trinajstić information content (AvgIpc) is 2.94. The van der Waals surface area contributed by atoms with Crippen LogP contribution < -0.4 is 14.6 Å². The summed E-state index contributed by atoms with van der Waals surface area (Å²) in [4.78, 5) is 14.9. The van der Waals surface area contributed by atoms with Crippen LogP contribution in [-0.4, -0.2) is 34.1 Å². The van der Waals surface area contributed by atoms with Gasteiger partial charge in [-0.1, -0.05) is 66.2 Å². The second-order valence-corrected chi connectivity index (χ2v) is 10.8. The van der Waals surface area contributed by atoms with Crippen molar-refractivity contribution in [3.63, 3.8) is 0 Å². The minimum Gasteiger partial charge on any atom is -0.345 e. The molecule has 0 aliphatic heterocycles. The number of anilines is 3. The molecule has 7 nitrogen and oxygen atoms in total. The number of nitrogens with one attached hydrogen (secondary N) is 1. The maximum absolute atomic E-state index is 13.5. The van der Waals surface area contributed by atoms with E-state index in [-0.39, 0.29) is 4.90 Å². The van der Waals surface area contributed by atoms with Gasteiger partial charge in [0.25, 0.3) is 15.9 Å². The highest BCUT2D eigenvalue weighted by molar-refractivity contribution is 7.92. The maximum atomic E-state index is 13.5. The van der Waals surface area contributed by atoms with Crippen LogP contribution in [0.5, 0.6) is 0 Å². The van der Waals surface area contributed by atoms with Gasteiger partial charge < -0.3 is 4.90 Å². The number of hydrogen-bond donors (Lipinski definition) is 1. The van der Waals surface area contributed by atoms with E-state index in [0.717, 1.165) is 21.2 Å². The lowest BCUT2D eigenvalue weighted by Crippen LogP contribution is -2.40. The molecule has 0 unspecified atom stereocenters. The summed E-state index contributed by atoms with van der Waals surface area (Å²) in [5, 5.41) is 4.39. The second-order valence-electron chi connectivity index (χ2n) is 8.53. The van der Waals surface area contributed by atoms with Crippen LogP contribution in [0.15, 0.2) is 113 Å². The molecule has 4 aromatic carbocycles. The summed E-state index contributed by atoms with van der Waals surface area (Å²) in [6.07, 6.45) is 1.50. The summed E-state index contributed by atoms with van der Waals surface area (Å²) in [6, 6.07) is 30.5. The molecular formula is C29H27ClN4O3S. The van der Waals surface area contributed by atoms with E-state index in [1.165, 1.54) is 24.4 Å². The molecule has 0 aliphatic rings. The van der Waals surface area contributed by atoms with Crippen molar-refractivity contribution in [1.82, 2.24) is 5.43 Å². The lowest BCUT2D eigenvalue weighted by atomic mass is 10.2. The van der Waals surface area contributed by atoms with Crippen LogP contribution in [0, 0.1) is 6.92 Å². The number of rotatable bonds is 9. The van der Waals surface area contributed by atoms with Crippen LogP contribution in [0.2, 0.25) is 5.02 Å². The van der Waals surface area contributed by atoms with Crippen molar-refractivity contribution in [2.45, 2.75) is 11.8 Å². The minimum absolute atomic E-state index is 0.0660. The first-order valence-corrected chi connectivity index (χ1v) is 13.6. The minimum atomic E-state index is -4.04. The Morgan fingerprint density at radius 2 is 1.50 bits per heavy atom. The Bertz CT molecular complexity index is 1530. The highest BCUT2D eigenvalue weighted by Gasteiger charge is 2.28. The molecule has 0 fully saturated rings. The molecule has 0 aromatic heterocycles. The molecule has 0 atom stereocenters. The van der Waals surface area contributed by atoms with Crippen LogP contribution >= 0.6 is 11.6 Å². The van der Waals surface area contributed by atoms with E-state index >= 15 is 0 Å². The second kappa shape index (κ2) is 11.9. The van der Waals surface area contributed by atoms with Crippen molar-refractivity contribution in [3.05, 3.63) is 119 Å². The number of benzene rings is 4. The highest BCUT2D eigenvalue weighted by Crippen LogP contribution is 2.29. The van der Waals surface area contributed by atoms with E-state index in [9.17, 15) is 13.2 Å². The predicted octanol–water partition coefficient (Wildman–Crippen LogP) is 5.76. The molecule has 0 bridgehead atoms. The first-order valence-electron chi connectivity index (χ1n) is 11.8. The Morgan fingerprint density at radius 3 is 2.16 bits per heavy atom. The highest BCUT2D eigenvalue weighted by atomic mass is 35.5. The third kappa shape index (κ3) is 6.40. The molecule has 9 heteroatoms. The van der Waals surface area contributed by atoms with E-state index in [2.05, 4.69) is 15.4 Å². The third-order valence-corrected chi connectivity index (χ3v) is 7.89. The number of carbonyl (C=O) groups is 1. The Labute approximate surface area is 228 Å². The fraction of sp³-hybridized carbons (Fsp3) is 0.103. The van der Waals surface area contributed by atoms with Crippen molar-refractivity contribution >= 4 is 50.8 Å². The number of amides is 1. The zero-order valence-corrected chi connectivity index (χ0v) is 22.5. The largest absolute Gasteiger partial charge is 0.345 e. The maximum Gasteiger partial charge on any atom is 0.264 e. The number of aryl methyl sites for hydroxylation is 1. The Balaban J connectivity index is 1.48. The SMILES string of the molecule is Cc1ccc(Cl)cc1N(CC(=O)N/N=C\c1ccc(N(C)c2ccccc2)cc1)S(=O)(=O)c1ccccc1. The monoisotopic (exact) mass is 546 g/mol. The van der Waals surface area contributed by atoms with E-state index in [1.807, 2.05) is 61.6 Å². The van der Waals surface area contributed by atoms with E-state index in [0.29, 0.717) is 16.3 Å². The van der Waals surface area contributed by atoms with Crippen LogP contribution in [-0.2, 0) is 14.8 Å². The molecule has 0 spiro atoms. The van der Waals surface area contributed by atoms with Gasteiger partial charge in [0.05, 0.1) is 16.8 Å². The molecule has 0 saturated heterocycles. The van der Waals surface area contributed by atoms with Crippen LogP contribution in [0.1, 0.15) is 11.1 Å². The number of nitrogens with zero attached hydrogens (tertiary/aromatic N) is 3. The summed E-state index contributed by atoms with van der Waals surface area (Å²) >= 11 is 6.16. The first kappa shape index (κ1) is 26.9. The average molecular weight is 547 g/mol. The fourth-order valence-corrected chi connectivity index (χ4v) is 5.46. The molecule has 194 valence electrons. The normalized spacial score (nSPS) is 11.3. The number of para-hydroxylation sites is 1. The number of halogens is 1. The molecule has 38 heavy (non-hydrogen) atoms. The Hall–Kier alpha value is -4.14. The number of hydrazone groups is 1. The van der Waals surface area contributed by atoms with Gasteiger partial charge in [-0.3, -0.25) is 9.10 Å². The van der Waals surface area contributed by atoms with E-state index in [4.69, 9.17) is 11.6 Å². The lowest BCUT2D eigenvalue weighted by molar-refractivity contribution is -0.119. The summed E-state index contributed by atoms with van der Waals surface area (Å²) in [5.74, 6) is -0.597. The molecule has 0 aliphatic carbocycles. The quantitative estimate of drug-likeness (QED) is 0.214. The lowest BCUT2D eigenvalue weighted by Gasteiger charge is -2.25. The molecular weight excluding hydrogens is 520 g/mol. The predicted molar refractivity (Wildman–Crippen MR) is 154 cm³/mol. The van der Waals surface area contributed by atoms with Gasteiger partial charge in [0, 0.05) is 23.4 Å².